The van der Waals surface area contributed by atoms with Gasteiger partial charge >= 0.3 is 0 Å². The molecular weight excluding hydrogens is 300 g/mol. The first-order valence-electron chi connectivity index (χ1n) is 8.33. The van der Waals surface area contributed by atoms with Gasteiger partial charge in [0.15, 0.2) is 5.78 Å². The zero-order chi connectivity index (χ0) is 17.6. The number of hydrogen-bond acceptors (Lipinski definition) is 3. The van der Waals surface area contributed by atoms with Crippen molar-refractivity contribution in [1.82, 2.24) is 0 Å². The van der Waals surface area contributed by atoms with E-state index in [1.807, 2.05) is 24.3 Å². The summed E-state index contributed by atoms with van der Waals surface area (Å²) >= 11 is 0. The molecule has 0 saturated heterocycles. The first-order valence-corrected chi connectivity index (χ1v) is 8.33. The maximum atomic E-state index is 11.2. The highest BCUT2D eigenvalue weighted by atomic mass is 16.5. The molecule has 0 bridgehead atoms. The van der Waals surface area contributed by atoms with Crippen LogP contribution in [0.3, 0.4) is 0 Å². The zero-order valence-electron chi connectivity index (χ0n) is 15.0. The molecule has 0 radical (unpaired) electrons. The minimum atomic E-state index is 0.0624. The molecule has 128 valence electrons. The standard InChI is InChI=1S/C21H26O3/c1-16(22)17-6-10-19(11-7-17)23-14-5-15-24-20-12-8-18(9-13-20)21(2,3)4/h6-13H,5,14-15H2,1-4H3. The molecule has 0 amide bonds. The number of hydrogen-bond donors (Lipinski definition) is 0. The Kier molecular flexibility index (Phi) is 6.02. The predicted molar refractivity (Wildman–Crippen MR) is 97.2 cm³/mol. The fourth-order valence-electron chi connectivity index (χ4n) is 2.28. The molecule has 2 aromatic rings. The van der Waals surface area contributed by atoms with E-state index in [4.69, 9.17) is 9.47 Å². The highest BCUT2D eigenvalue weighted by molar-refractivity contribution is 5.94. The van der Waals surface area contributed by atoms with E-state index < -0.39 is 0 Å². The monoisotopic (exact) mass is 326 g/mol. The number of rotatable bonds is 7. The molecule has 0 aromatic heterocycles. The van der Waals surface area contributed by atoms with Crippen molar-refractivity contribution in [3.8, 4) is 11.5 Å². The van der Waals surface area contributed by atoms with Crippen LogP contribution in [0, 0.1) is 0 Å². The number of benzene rings is 2. The number of ketones is 1. The predicted octanol–water partition coefficient (Wildman–Crippen LogP) is 5.03. The molecule has 0 heterocycles. The summed E-state index contributed by atoms with van der Waals surface area (Å²) in [6.45, 7) is 9.34. The third kappa shape index (κ3) is 5.41. The van der Waals surface area contributed by atoms with E-state index in [1.165, 1.54) is 5.56 Å². The molecule has 0 fully saturated rings. The highest BCUT2D eigenvalue weighted by Gasteiger charge is 2.12. The van der Waals surface area contributed by atoms with Crippen molar-refractivity contribution in [3.05, 3.63) is 59.7 Å². The Morgan fingerprint density at radius 3 is 1.71 bits per heavy atom. The molecule has 0 saturated carbocycles. The topological polar surface area (TPSA) is 35.5 Å². The van der Waals surface area contributed by atoms with Crippen LogP contribution in [0.15, 0.2) is 48.5 Å². The minimum absolute atomic E-state index is 0.0624. The molecule has 0 N–H and O–H groups in total. The zero-order valence-corrected chi connectivity index (χ0v) is 15.0. The van der Waals surface area contributed by atoms with Crippen LogP contribution in [0.25, 0.3) is 0 Å². The van der Waals surface area contributed by atoms with Gasteiger partial charge in [-0.2, -0.15) is 0 Å². The Bertz CT molecular complexity index is 649. The van der Waals surface area contributed by atoms with Crippen LogP contribution in [-0.4, -0.2) is 19.0 Å². The summed E-state index contributed by atoms with van der Waals surface area (Å²) in [4.78, 5) is 11.2. The minimum Gasteiger partial charge on any atom is -0.493 e. The molecule has 0 spiro atoms. The average molecular weight is 326 g/mol. The summed E-state index contributed by atoms with van der Waals surface area (Å²) < 4.78 is 11.4. The SMILES string of the molecule is CC(=O)c1ccc(OCCCOc2ccc(C(C)(C)C)cc2)cc1. The van der Waals surface area contributed by atoms with Gasteiger partial charge in [-0.25, -0.2) is 0 Å². The lowest BCUT2D eigenvalue weighted by atomic mass is 9.87. The maximum Gasteiger partial charge on any atom is 0.159 e. The Balaban J connectivity index is 1.70. The molecule has 0 aliphatic rings. The first kappa shape index (κ1) is 18.1. The van der Waals surface area contributed by atoms with Gasteiger partial charge < -0.3 is 9.47 Å². The molecule has 24 heavy (non-hydrogen) atoms. The van der Waals surface area contributed by atoms with Gasteiger partial charge in [0.25, 0.3) is 0 Å². The molecule has 0 aliphatic carbocycles. The lowest BCUT2D eigenvalue weighted by Crippen LogP contribution is -2.10. The van der Waals surface area contributed by atoms with E-state index in [0.29, 0.717) is 18.8 Å². The number of Topliss-reactive ketones (excluding diaryl/α,β-unsaturated/α-hetero) is 1. The Morgan fingerprint density at radius 1 is 0.833 bits per heavy atom. The van der Waals surface area contributed by atoms with E-state index >= 15 is 0 Å². The van der Waals surface area contributed by atoms with E-state index in [1.54, 1.807) is 19.1 Å². The molecule has 3 heteroatoms. The van der Waals surface area contributed by atoms with Crippen molar-refractivity contribution in [2.45, 2.75) is 39.5 Å². The van der Waals surface area contributed by atoms with Crippen molar-refractivity contribution in [3.63, 3.8) is 0 Å². The first-order chi connectivity index (χ1) is 11.4. The molecule has 0 aliphatic heterocycles. The lowest BCUT2D eigenvalue weighted by Gasteiger charge is -2.19. The number of carbonyl (C=O) groups excluding carboxylic acids is 1. The van der Waals surface area contributed by atoms with Crippen LogP contribution in [0.4, 0.5) is 0 Å². The Morgan fingerprint density at radius 2 is 1.29 bits per heavy atom. The van der Waals surface area contributed by atoms with Gasteiger partial charge in [-0.1, -0.05) is 32.9 Å². The number of ether oxygens (including phenoxy) is 2. The van der Waals surface area contributed by atoms with Gasteiger partial charge in [-0.3, -0.25) is 4.79 Å². The Labute approximate surface area is 144 Å². The quantitative estimate of drug-likeness (QED) is 0.528. The normalized spacial score (nSPS) is 11.2. The van der Waals surface area contributed by atoms with Crippen molar-refractivity contribution < 1.29 is 14.3 Å². The van der Waals surface area contributed by atoms with Gasteiger partial charge in [0.05, 0.1) is 13.2 Å². The molecule has 2 aromatic carbocycles. The van der Waals surface area contributed by atoms with Gasteiger partial charge in [0.1, 0.15) is 11.5 Å². The summed E-state index contributed by atoms with van der Waals surface area (Å²) in [6, 6.07) is 15.5. The van der Waals surface area contributed by atoms with Gasteiger partial charge in [-0.15, -0.1) is 0 Å². The van der Waals surface area contributed by atoms with Gasteiger partial charge in [0.2, 0.25) is 0 Å². The average Bonchev–Trinajstić information content (AvgIpc) is 2.54. The van der Waals surface area contributed by atoms with E-state index in [2.05, 4.69) is 32.9 Å². The summed E-state index contributed by atoms with van der Waals surface area (Å²) in [7, 11) is 0. The van der Waals surface area contributed by atoms with Crippen LogP contribution in [0.2, 0.25) is 0 Å². The summed E-state index contributed by atoms with van der Waals surface area (Å²) in [5, 5.41) is 0. The van der Waals surface area contributed by atoms with Crippen molar-refractivity contribution in [2.24, 2.45) is 0 Å². The fraction of sp³-hybridized carbons (Fsp3) is 0.381. The molecule has 2 rings (SSSR count). The van der Waals surface area contributed by atoms with Crippen molar-refractivity contribution >= 4 is 5.78 Å². The van der Waals surface area contributed by atoms with E-state index in [0.717, 1.165) is 17.9 Å². The fourth-order valence-corrected chi connectivity index (χ4v) is 2.28. The summed E-state index contributed by atoms with van der Waals surface area (Å²) in [6.07, 6.45) is 0.801. The Hall–Kier alpha value is -2.29. The summed E-state index contributed by atoms with van der Waals surface area (Å²) in [5.74, 6) is 1.72. The van der Waals surface area contributed by atoms with E-state index in [-0.39, 0.29) is 11.2 Å². The van der Waals surface area contributed by atoms with Crippen molar-refractivity contribution in [2.75, 3.05) is 13.2 Å². The third-order valence-electron chi connectivity index (χ3n) is 3.81. The summed E-state index contributed by atoms with van der Waals surface area (Å²) in [5.41, 5.74) is 2.15. The van der Waals surface area contributed by atoms with Crippen LogP contribution in [0.5, 0.6) is 11.5 Å². The third-order valence-corrected chi connectivity index (χ3v) is 3.81. The molecule has 0 atom stereocenters. The van der Waals surface area contributed by atoms with Crippen LogP contribution < -0.4 is 9.47 Å². The van der Waals surface area contributed by atoms with E-state index in [9.17, 15) is 4.79 Å². The second kappa shape index (κ2) is 8.00. The molecule has 0 unspecified atom stereocenters. The van der Waals surface area contributed by atoms with Gasteiger partial charge in [0, 0.05) is 12.0 Å². The highest BCUT2D eigenvalue weighted by Crippen LogP contribution is 2.24. The van der Waals surface area contributed by atoms with Crippen LogP contribution in [0.1, 0.15) is 50.0 Å². The smallest absolute Gasteiger partial charge is 0.159 e. The van der Waals surface area contributed by atoms with Crippen LogP contribution in [-0.2, 0) is 5.41 Å². The molecule has 3 nitrogen and oxygen atoms in total. The van der Waals surface area contributed by atoms with Gasteiger partial charge in [-0.05, 0) is 54.3 Å². The second-order valence-corrected chi connectivity index (χ2v) is 6.91. The molecular formula is C21H26O3. The van der Waals surface area contributed by atoms with Crippen LogP contribution >= 0.6 is 0 Å². The maximum absolute atomic E-state index is 11.2. The van der Waals surface area contributed by atoms with Crippen molar-refractivity contribution in [1.29, 1.82) is 0 Å². The largest absolute Gasteiger partial charge is 0.493 e. The number of carbonyl (C=O) groups is 1. The second-order valence-electron chi connectivity index (χ2n) is 6.91. The lowest BCUT2D eigenvalue weighted by molar-refractivity contribution is 0.101.